The molecule has 37 heavy (non-hydrogen) atoms. The Labute approximate surface area is 221 Å². The summed E-state index contributed by atoms with van der Waals surface area (Å²) < 4.78 is 1.50. The van der Waals surface area contributed by atoms with Gasteiger partial charge in [-0.05, 0) is 48.5 Å². The zero-order valence-corrected chi connectivity index (χ0v) is 21.0. The number of Topliss-reactive ketones (excluding diaryl/α,β-unsaturated/α-hetero) is 1. The Hall–Kier alpha value is -4.20. The number of amides is 1. The number of carbonyl (C=O) groups is 2. The number of rotatable bonds is 7. The van der Waals surface area contributed by atoms with Crippen LogP contribution in [0, 0.1) is 0 Å². The molecule has 1 amide bonds. The van der Waals surface area contributed by atoms with Crippen LogP contribution in [0.4, 0.5) is 5.69 Å². The van der Waals surface area contributed by atoms with Crippen LogP contribution in [0.5, 0.6) is 0 Å². The first-order valence-electron chi connectivity index (χ1n) is 11.4. The summed E-state index contributed by atoms with van der Waals surface area (Å²) >= 11 is 7.20. The van der Waals surface area contributed by atoms with Crippen molar-refractivity contribution in [3.63, 3.8) is 0 Å². The molecular formula is C29H20ClN3O3S. The third kappa shape index (κ3) is 5.48. The number of thioether (sulfide) groups is 1. The van der Waals surface area contributed by atoms with E-state index in [1.807, 2.05) is 48.5 Å². The Balaban J connectivity index is 1.53. The molecule has 0 unspecified atom stereocenters. The predicted molar refractivity (Wildman–Crippen MR) is 148 cm³/mol. The minimum Gasteiger partial charge on any atom is -0.322 e. The molecule has 4 aromatic carbocycles. The Morgan fingerprint density at radius 3 is 2.30 bits per heavy atom. The summed E-state index contributed by atoms with van der Waals surface area (Å²) in [5.74, 6) is -0.329. The van der Waals surface area contributed by atoms with Crippen LogP contribution in [0.25, 0.3) is 16.6 Å². The highest BCUT2D eigenvalue weighted by molar-refractivity contribution is 7.99. The molecule has 0 atom stereocenters. The number of anilines is 1. The summed E-state index contributed by atoms with van der Waals surface area (Å²) in [6.45, 7) is 0. The van der Waals surface area contributed by atoms with Gasteiger partial charge in [0.1, 0.15) is 0 Å². The van der Waals surface area contributed by atoms with Crippen LogP contribution in [0.15, 0.2) is 113 Å². The van der Waals surface area contributed by atoms with Crippen LogP contribution >= 0.6 is 23.4 Å². The van der Waals surface area contributed by atoms with E-state index in [9.17, 15) is 14.4 Å². The number of para-hydroxylation sites is 1. The number of hydrogen-bond acceptors (Lipinski definition) is 5. The second-order valence-corrected chi connectivity index (χ2v) is 9.52. The SMILES string of the molecule is O=C(CSc1nc2cc(C(=O)Nc3cccc(Cl)c3)ccc2c(=O)n1-c1ccccc1)c1ccccc1. The van der Waals surface area contributed by atoms with Gasteiger partial charge in [0.25, 0.3) is 11.5 Å². The van der Waals surface area contributed by atoms with E-state index in [2.05, 4.69) is 5.32 Å². The van der Waals surface area contributed by atoms with Gasteiger partial charge in [-0.3, -0.25) is 19.0 Å². The zero-order valence-electron chi connectivity index (χ0n) is 19.4. The normalized spacial score (nSPS) is 10.8. The highest BCUT2D eigenvalue weighted by Gasteiger charge is 2.17. The first kappa shape index (κ1) is 24.5. The topological polar surface area (TPSA) is 81.1 Å². The summed E-state index contributed by atoms with van der Waals surface area (Å²) in [7, 11) is 0. The molecule has 0 fully saturated rings. The molecule has 0 aliphatic carbocycles. The maximum Gasteiger partial charge on any atom is 0.266 e. The number of nitrogens with one attached hydrogen (secondary N) is 1. The van der Waals surface area contributed by atoms with Crippen molar-refractivity contribution in [1.82, 2.24) is 9.55 Å². The zero-order chi connectivity index (χ0) is 25.8. The van der Waals surface area contributed by atoms with Crippen LogP contribution < -0.4 is 10.9 Å². The van der Waals surface area contributed by atoms with Crippen molar-refractivity contribution in [3.05, 3.63) is 130 Å². The maximum atomic E-state index is 13.6. The van der Waals surface area contributed by atoms with Crippen molar-refractivity contribution in [2.45, 2.75) is 5.16 Å². The molecule has 0 spiro atoms. The van der Waals surface area contributed by atoms with Gasteiger partial charge >= 0.3 is 0 Å². The summed E-state index contributed by atoms with van der Waals surface area (Å²) in [6.07, 6.45) is 0. The number of halogens is 1. The number of benzene rings is 4. The lowest BCUT2D eigenvalue weighted by molar-refractivity contribution is 0.101. The molecule has 8 heteroatoms. The molecule has 6 nitrogen and oxygen atoms in total. The molecule has 182 valence electrons. The number of fused-ring (bicyclic) bond motifs is 1. The number of nitrogens with zero attached hydrogens (tertiary/aromatic N) is 2. The standard InChI is InChI=1S/C29H20ClN3O3S/c30-21-10-7-11-22(17-21)31-27(35)20-14-15-24-25(16-20)32-29(33(28(24)36)23-12-5-2-6-13-23)37-18-26(34)19-8-3-1-4-9-19/h1-17H,18H2,(H,31,35). The average molecular weight is 526 g/mol. The van der Waals surface area contributed by atoms with E-state index in [4.69, 9.17) is 16.6 Å². The van der Waals surface area contributed by atoms with Crippen LogP contribution in [0.2, 0.25) is 5.02 Å². The van der Waals surface area contributed by atoms with Crippen molar-refractivity contribution < 1.29 is 9.59 Å². The first-order valence-corrected chi connectivity index (χ1v) is 12.8. The van der Waals surface area contributed by atoms with Crippen LogP contribution in [0.3, 0.4) is 0 Å². The van der Waals surface area contributed by atoms with Crippen LogP contribution in [0.1, 0.15) is 20.7 Å². The van der Waals surface area contributed by atoms with Gasteiger partial charge in [-0.2, -0.15) is 0 Å². The second kappa shape index (κ2) is 10.8. The van der Waals surface area contributed by atoms with E-state index in [1.54, 1.807) is 54.6 Å². The van der Waals surface area contributed by atoms with E-state index >= 15 is 0 Å². The lowest BCUT2D eigenvalue weighted by Crippen LogP contribution is -2.22. The number of carbonyl (C=O) groups excluding carboxylic acids is 2. The fourth-order valence-electron chi connectivity index (χ4n) is 3.82. The largest absolute Gasteiger partial charge is 0.322 e. The summed E-state index contributed by atoms with van der Waals surface area (Å²) in [4.78, 5) is 43.9. The molecule has 1 aromatic heterocycles. The maximum absolute atomic E-state index is 13.6. The second-order valence-electron chi connectivity index (χ2n) is 8.14. The van der Waals surface area contributed by atoms with E-state index in [1.165, 1.54) is 16.3 Å². The van der Waals surface area contributed by atoms with Gasteiger partial charge in [0, 0.05) is 21.8 Å². The molecule has 0 saturated carbocycles. The fraction of sp³-hybridized carbons (Fsp3) is 0.0345. The first-order chi connectivity index (χ1) is 18.0. The summed E-state index contributed by atoms with van der Waals surface area (Å²) in [6, 6.07) is 29.7. The Morgan fingerprint density at radius 2 is 1.57 bits per heavy atom. The van der Waals surface area contributed by atoms with Crippen molar-refractivity contribution in [2.24, 2.45) is 0 Å². The summed E-state index contributed by atoms with van der Waals surface area (Å²) in [5, 5.41) is 4.03. The number of aromatic nitrogens is 2. The number of ketones is 1. The average Bonchev–Trinajstić information content (AvgIpc) is 2.92. The van der Waals surface area contributed by atoms with Crippen molar-refractivity contribution in [1.29, 1.82) is 0 Å². The summed E-state index contributed by atoms with van der Waals surface area (Å²) in [5.41, 5.74) is 2.20. The van der Waals surface area contributed by atoms with E-state index in [-0.39, 0.29) is 23.0 Å². The number of hydrogen-bond donors (Lipinski definition) is 1. The van der Waals surface area contributed by atoms with Gasteiger partial charge in [0.2, 0.25) is 0 Å². The molecule has 5 rings (SSSR count). The predicted octanol–water partition coefficient (Wildman–Crippen LogP) is 6.27. The van der Waals surface area contributed by atoms with Crippen LogP contribution in [-0.2, 0) is 0 Å². The lowest BCUT2D eigenvalue weighted by Gasteiger charge is -2.14. The van der Waals surface area contributed by atoms with Crippen molar-refractivity contribution >= 4 is 51.6 Å². The molecular weight excluding hydrogens is 506 g/mol. The third-order valence-electron chi connectivity index (χ3n) is 5.63. The van der Waals surface area contributed by atoms with E-state index in [0.29, 0.717) is 43.6 Å². The van der Waals surface area contributed by atoms with Gasteiger partial charge in [0.05, 0.1) is 22.3 Å². The van der Waals surface area contributed by atoms with E-state index in [0.717, 1.165) is 0 Å². The third-order valence-corrected chi connectivity index (χ3v) is 6.80. The lowest BCUT2D eigenvalue weighted by atomic mass is 10.1. The minimum absolute atomic E-state index is 0.0748. The molecule has 1 heterocycles. The van der Waals surface area contributed by atoms with Gasteiger partial charge in [-0.25, -0.2) is 4.98 Å². The van der Waals surface area contributed by atoms with Crippen LogP contribution in [-0.4, -0.2) is 27.0 Å². The Morgan fingerprint density at radius 1 is 0.838 bits per heavy atom. The van der Waals surface area contributed by atoms with Gasteiger partial charge < -0.3 is 5.32 Å². The quantitative estimate of drug-likeness (QED) is 0.154. The minimum atomic E-state index is -0.355. The highest BCUT2D eigenvalue weighted by Crippen LogP contribution is 2.23. The fourth-order valence-corrected chi connectivity index (χ4v) is 4.91. The highest BCUT2D eigenvalue weighted by atomic mass is 35.5. The molecule has 0 saturated heterocycles. The van der Waals surface area contributed by atoms with Crippen molar-refractivity contribution in [3.8, 4) is 5.69 Å². The van der Waals surface area contributed by atoms with E-state index < -0.39 is 0 Å². The molecule has 0 aliphatic rings. The Kier molecular flexibility index (Phi) is 7.16. The van der Waals surface area contributed by atoms with Gasteiger partial charge in [-0.15, -0.1) is 0 Å². The molecule has 1 N–H and O–H groups in total. The van der Waals surface area contributed by atoms with Crippen molar-refractivity contribution in [2.75, 3.05) is 11.1 Å². The molecule has 5 aromatic rings. The Bertz CT molecular complexity index is 1670. The smallest absolute Gasteiger partial charge is 0.266 e. The van der Waals surface area contributed by atoms with Gasteiger partial charge in [-0.1, -0.05) is 78.0 Å². The monoisotopic (exact) mass is 525 g/mol. The molecule has 0 radical (unpaired) electrons. The molecule has 0 aliphatic heterocycles. The van der Waals surface area contributed by atoms with Gasteiger partial charge in [0.15, 0.2) is 10.9 Å². The molecule has 0 bridgehead atoms.